The highest BCUT2D eigenvalue weighted by Crippen LogP contribution is 2.42. The average molecular weight is 368 g/mol. The number of benzene rings is 1. The molecular formula is C20H20N2O3S. The molecule has 1 fully saturated rings. The van der Waals surface area contributed by atoms with Gasteiger partial charge in [0.15, 0.2) is 0 Å². The molecule has 0 aromatic heterocycles. The predicted octanol–water partition coefficient (Wildman–Crippen LogP) is 3.08. The summed E-state index contributed by atoms with van der Waals surface area (Å²) in [6.45, 7) is 5.83. The Hall–Kier alpha value is -2.60. The number of hydrogen-bond acceptors (Lipinski definition) is 4. The third kappa shape index (κ3) is 3.37. The van der Waals surface area contributed by atoms with Gasteiger partial charge in [0.25, 0.3) is 0 Å². The Labute approximate surface area is 156 Å². The van der Waals surface area contributed by atoms with Crippen LogP contribution < -0.4 is 10.2 Å². The van der Waals surface area contributed by atoms with E-state index in [1.165, 1.54) is 11.8 Å². The second-order valence-corrected chi connectivity index (χ2v) is 7.01. The van der Waals surface area contributed by atoms with Crippen molar-refractivity contribution >= 4 is 40.7 Å². The van der Waals surface area contributed by atoms with E-state index in [2.05, 4.69) is 11.9 Å². The van der Waals surface area contributed by atoms with Gasteiger partial charge in [-0.1, -0.05) is 43.0 Å². The lowest BCUT2D eigenvalue weighted by Crippen LogP contribution is -2.55. The van der Waals surface area contributed by atoms with E-state index in [0.717, 1.165) is 16.0 Å². The molecule has 3 rings (SSSR count). The van der Waals surface area contributed by atoms with Crippen LogP contribution in [-0.2, 0) is 14.4 Å². The summed E-state index contributed by atoms with van der Waals surface area (Å²) >= 11 is 1.47. The molecule has 134 valence electrons. The van der Waals surface area contributed by atoms with E-state index in [1.54, 1.807) is 11.0 Å². The van der Waals surface area contributed by atoms with Crippen molar-refractivity contribution in [2.24, 2.45) is 0 Å². The first kappa shape index (κ1) is 18.2. The molecule has 0 radical (unpaired) electrons. The Bertz CT molecular complexity index is 841. The van der Waals surface area contributed by atoms with Crippen molar-refractivity contribution in [1.82, 2.24) is 5.32 Å². The molecule has 0 spiro atoms. The second kappa shape index (κ2) is 7.74. The van der Waals surface area contributed by atoms with Gasteiger partial charge < -0.3 is 0 Å². The molecule has 1 atom stereocenters. The summed E-state index contributed by atoms with van der Waals surface area (Å²) in [5.74, 6) is -0.559. The zero-order valence-corrected chi connectivity index (χ0v) is 15.3. The summed E-state index contributed by atoms with van der Waals surface area (Å²) < 4.78 is 0. The molecule has 3 amide bonds. The Morgan fingerprint density at radius 1 is 1.35 bits per heavy atom. The molecule has 6 heteroatoms. The number of imide groups is 1. The van der Waals surface area contributed by atoms with Gasteiger partial charge in [0.05, 0.1) is 11.4 Å². The molecule has 1 aromatic carbocycles. The zero-order chi connectivity index (χ0) is 18.7. The number of nitrogens with zero attached hydrogens (tertiary/aromatic N) is 1. The Morgan fingerprint density at radius 3 is 2.85 bits per heavy atom. The van der Waals surface area contributed by atoms with Crippen LogP contribution in [0, 0.1) is 0 Å². The van der Waals surface area contributed by atoms with Crippen molar-refractivity contribution < 1.29 is 14.4 Å². The lowest BCUT2D eigenvalue weighted by atomic mass is 10.0. The summed E-state index contributed by atoms with van der Waals surface area (Å²) in [7, 11) is 0. The fraction of sp³-hybridized carbons (Fsp3) is 0.250. The van der Waals surface area contributed by atoms with Gasteiger partial charge in [-0.2, -0.15) is 0 Å². The minimum atomic E-state index is -0.651. The largest absolute Gasteiger partial charge is 0.298 e. The van der Waals surface area contributed by atoms with Crippen molar-refractivity contribution in [3.8, 4) is 0 Å². The molecule has 0 bridgehead atoms. The first-order chi connectivity index (χ1) is 12.6. The standard InChI is InChI=1S/C20H20N2O3S/c1-3-5-7-13(4-2)14-8-6-9-15-19(14)26-12-18(24)22(15)16-10-11-17(23)21-20(16)25/h3-9,16H,2,10-12H2,1H3,(H,21,23,25)/b5-3-,13-7+. The van der Waals surface area contributed by atoms with Crippen LogP contribution in [0.1, 0.15) is 25.3 Å². The summed E-state index contributed by atoms with van der Waals surface area (Å²) in [6.07, 6.45) is 8.20. The van der Waals surface area contributed by atoms with E-state index in [1.807, 2.05) is 43.4 Å². The zero-order valence-electron chi connectivity index (χ0n) is 14.5. The topological polar surface area (TPSA) is 66.5 Å². The lowest BCUT2D eigenvalue weighted by Gasteiger charge is -2.37. The Kier molecular flexibility index (Phi) is 5.42. The van der Waals surface area contributed by atoms with Crippen LogP contribution in [0.25, 0.3) is 5.57 Å². The van der Waals surface area contributed by atoms with Crippen molar-refractivity contribution in [2.45, 2.75) is 30.7 Å². The fourth-order valence-corrected chi connectivity index (χ4v) is 4.23. The van der Waals surface area contributed by atoms with E-state index in [0.29, 0.717) is 12.1 Å². The van der Waals surface area contributed by atoms with Gasteiger partial charge in [0.2, 0.25) is 17.7 Å². The maximum atomic E-state index is 12.6. The van der Waals surface area contributed by atoms with Crippen LogP contribution in [0.5, 0.6) is 0 Å². The number of amides is 3. The number of hydrogen-bond donors (Lipinski definition) is 1. The maximum Gasteiger partial charge on any atom is 0.249 e. The lowest BCUT2D eigenvalue weighted by molar-refractivity contribution is -0.135. The molecule has 5 nitrogen and oxygen atoms in total. The minimum Gasteiger partial charge on any atom is -0.298 e. The van der Waals surface area contributed by atoms with Crippen LogP contribution in [0.3, 0.4) is 0 Å². The monoisotopic (exact) mass is 368 g/mol. The van der Waals surface area contributed by atoms with Crippen molar-refractivity contribution in [3.05, 3.63) is 54.6 Å². The Balaban J connectivity index is 2.06. The third-order valence-corrected chi connectivity index (χ3v) is 5.49. The van der Waals surface area contributed by atoms with E-state index in [-0.39, 0.29) is 24.0 Å². The Morgan fingerprint density at radius 2 is 2.15 bits per heavy atom. The molecule has 26 heavy (non-hydrogen) atoms. The van der Waals surface area contributed by atoms with Crippen molar-refractivity contribution in [1.29, 1.82) is 0 Å². The van der Waals surface area contributed by atoms with Gasteiger partial charge in [0.1, 0.15) is 6.04 Å². The summed E-state index contributed by atoms with van der Waals surface area (Å²) in [4.78, 5) is 38.9. The molecule has 2 aliphatic heterocycles. The highest BCUT2D eigenvalue weighted by Gasteiger charge is 2.38. The van der Waals surface area contributed by atoms with E-state index in [4.69, 9.17) is 0 Å². The fourth-order valence-electron chi connectivity index (χ4n) is 3.17. The normalized spacial score (nSPS) is 21.0. The van der Waals surface area contributed by atoms with Crippen LogP contribution in [0.2, 0.25) is 0 Å². The number of fused-ring (bicyclic) bond motifs is 1. The van der Waals surface area contributed by atoms with Gasteiger partial charge in [0, 0.05) is 11.3 Å². The van der Waals surface area contributed by atoms with Crippen LogP contribution in [0.4, 0.5) is 5.69 Å². The first-order valence-electron chi connectivity index (χ1n) is 8.44. The van der Waals surface area contributed by atoms with Gasteiger partial charge in [-0.15, -0.1) is 11.8 Å². The van der Waals surface area contributed by atoms with E-state index >= 15 is 0 Å². The predicted molar refractivity (Wildman–Crippen MR) is 104 cm³/mol. The van der Waals surface area contributed by atoms with Crippen LogP contribution in [-0.4, -0.2) is 29.5 Å². The second-order valence-electron chi connectivity index (χ2n) is 6.03. The SMILES string of the molecule is C=C/C(=C\C=C/C)c1cccc2c1SCC(=O)N2C1CCC(=O)NC1=O. The maximum absolute atomic E-state index is 12.6. The number of allylic oxidation sites excluding steroid dienone is 5. The number of piperidine rings is 1. The summed E-state index contributed by atoms with van der Waals surface area (Å²) in [5.41, 5.74) is 2.64. The molecule has 1 N–H and O–H groups in total. The number of rotatable bonds is 4. The summed E-state index contributed by atoms with van der Waals surface area (Å²) in [5, 5.41) is 2.34. The molecule has 1 aromatic rings. The molecular weight excluding hydrogens is 348 g/mol. The van der Waals surface area contributed by atoms with Gasteiger partial charge in [-0.05, 0) is 30.5 Å². The molecule has 0 aliphatic carbocycles. The van der Waals surface area contributed by atoms with Gasteiger partial charge >= 0.3 is 0 Å². The molecule has 1 unspecified atom stereocenters. The van der Waals surface area contributed by atoms with Crippen LogP contribution >= 0.6 is 11.8 Å². The number of thioether (sulfide) groups is 1. The summed E-state index contributed by atoms with van der Waals surface area (Å²) in [6, 6.07) is 5.06. The number of anilines is 1. The highest BCUT2D eigenvalue weighted by molar-refractivity contribution is 8.00. The number of carbonyl (C=O) groups excluding carboxylic acids is 3. The molecule has 0 saturated carbocycles. The van der Waals surface area contributed by atoms with E-state index in [9.17, 15) is 14.4 Å². The van der Waals surface area contributed by atoms with Gasteiger partial charge in [-0.3, -0.25) is 24.6 Å². The van der Waals surface area contributed by atoms with Gasteiger partial charge in [-0.25, -0.2) is 0 Å². The number of nitrogens with one attached hydrogen (secondary N) is 1. The quantitative estimate of drug-likeness (QED) is 0.655. The van der Waals surface area contributed by atoms with Crippen molar-refractivity contribution in [3.63, 3.8) is 0 Å². The minimum absolute atomic E-state index is 0.119. The highest BCUT2D eigenvalue weighted by atomic mass is 32.2. The van der Waals surface area contributed by atoms with Crippen LogP contribution in [0.15, 0.2) is 54.0 Å². The molecule has 2 aliphatic rings. The van der Waals surface area contributed by atoms with Crippen molar-refractivity contribution in [2.75, 3.05) is 10.7 Å². The van der Waals surface area contributed by atoms with E-state index < -0.39 is 11.9 Å². The first-order valence-corrected chi connectivity index (χ1v) is 9.42. The third-order valence-electron chi connectivity index (χ3n) is 4.38. The molecule has 1 saturated heterocycles. The molecule has 2 heterocycles. The smallest absolute Gasteiger partial charge is 0.249 e. The number of carbonyl (C=O) groups is 3. The average Bonchev–Trinajstić information content (AvgIpc) is 2.63.